The van der Waals surface area contributed by atoms with Crippen LogP contribution in [0.5, 0.6) is 11.5 Å². The molecular formula is C23H40NO3+. The first kappa shape index (κ1) is 23.5. The third kappa shape index (κ3) is 7.92. The highest BCUT2D eigenvalue weighted by atomic mass is 16.5. The van der Waals surface area contributed by atoms with E-state index in [1.807, 2.05) is 12.1 Å². The number of benzene rings is 1. The van der Waals surface area contributed by atoms with Crippen LogP contribution in [-0.2, 0) is 0 Å². The number of carbonyl (C=O) groups excluding carboxylic acids is 1. The number of Topliss-reactive ketones (excluding diaryl/α,β-unsaturated/α-hetero) is 1. The van der Waals surface area contributed by atoms with Gasteiger partial charge in [-0.25, -0.2) is 0 Å². The number of likely N-dealkylation sites (N-methyl/N-ethyl adjacent to an activating group) is 1. The second-order valence-corrected chi connectivity index (χ2v) is 8.33. The zero-order chi connectivity index (χ0) is 20.3. The van der Waals surface area contributed by atoms with Crippen molar-refractivity contribution in [3.8, 4) is 11.5 Å². The Kier molecular flexibility index (Phi) is 10.5. The molecule has 1 aromatic carbocycles. The molecule has 0 saturated heterocycles. The maximum Gasteiger partial charge on any atom is 0.220 e. The lowest BCUT2D eigenvalue weighted by Gasteiger charge is -2.33. The summed E-state index contributed by atoms with van der Waals surface area (Å²) in [6.45, 7) is 2.25. The summed E-state index contributed by atoms with van der Waals surface area (Å²) in [4.78, 5) is 13.2. The van der Waals surface area contributed by atoms with Gasteiger partial charge in [-0.15, -0.1) is 0 Å². The van der Waals surface area contributed by atoms with E-state index in [1.165, 1.54) is 44.9 Å². The molecule has 0 spiro atoms. The van der Waals surface area contributed by atoms with Crippen LogP contribution in [-0.4, -0.2) is 51.7 Å². The van der Waals surface area contributed by atoms with Gasteiger partial charge >= 0.3 is 0 Å². The molecule has 0 aromatic heterocycles. The van der Waals surface area contributed by atoms with E-state index < -0.39 is 0 Å². The Morgan fingerprint density at radius 1 is 0.889 bits per heavy atom. The average molecular weight is 379 g/mol. The molecule has 0 radical (unpaired) electrons. The second-order valence-electron chi connectivity index (χ2n) is 8.33. The van der Waals surface area contributed by atoms with Gasteiger partial charge in [0.1, 0.15) is 0 Å². The van der Waals surface area contributed by atoms with Gasteiger partial charge in [0, 0.05) is 12.0 Å². The van der Waals surface area contributed by atoms with Crippen molar-refractivity contribution >= 4 is 5.78 Å². The lowest BCUT2D eigenvalue weighted by atomic mass is 9.96. The molecular weight excluding hydrogens is 338 g/mol. The Morgan fingerprint density at radius 2 is 1.44 bits per heavy atom. The summed E-state index contributed by atoms with van der Waals surface area (Å²) in [5.41, 5.74) is 0.699. The predicted molar refractivity (Wildman–Crippen MR) is 113 cm³/mol. The smallest absolute Gasteiger partial charge is 0.220 e. The zero-order valence-electron chi connectivity index (χ0n) is 18.3. The minimum Gasteiger partial charge on any atom is -0.493 e. The van der Waals surface area contributed by atoms with Crippen molar-refractivity contribution in [1.29, 1.82) is 0 Å². The average Bonchev–Trinajstić information content (AvgIpc) is 2.64. The Bertz CT molecular complexity index is 563. The van der Waals surface area contributed by atoms with Gasteiger partial charge in [-0.05, 0) is 24.6 Å². The number of quaternary nitrogens is 1. The van der Waals surface area contributed by atoms with E-state index in [9.17, 15) is 4.79 Å². The third-order valence-electron chi connectivity index (χ3n) is 5.24. The number of hydrogen-bond acceptors (Lipinski definition) is 3. The zero-order valence-corrected chi connectivity index (χ0v) is 18.3. The first-order chi connectivity index (χ1) is 12.8. The fraction of sp³-hybridized carbons (Fsp3) is 0.696. The molecule has 0 amide bonds. The van der Waals surface area contributed by atoms with E-state index >= 15 is 0 Å². The lowest BCUT2D eigenvalue weighted by molar-refractivity contribution is -0.886. The van der Waals surface area contributed by atoms with Gasteiger partial charge in [-0.2, -0.15) is 0 Å². The maximum atomic E-state index is 13.2. The highest BCUT2D eigenvalue weighted by Gasteiger charge is 2.32. The molecule has 0 bridgehead atoms. The molecule has 0 heterocycles. The Balaban J connectivity index is 2.65. The molecule has 0 aliphatic heterocycles. The van der Waals surface area contributed by atoms with E-state index in [-0.39, 0.29) is 11.8 Å². The first-order valence-electron chi connectivity index (χ1n) is 10.4. The quantitative estimate of drug-likeness (QED) is 0.244. The Labute approximate surface area is 166 Å². The van der Waals surface area contributed by atoms with Crippen LogP contribution in [0.15, 0.2) is 18.2 Å². The predicted octanol–water partition coefficient (Wildman–Crippen LogP) is 5.49. The standard InChI is InChI=1S/C23H40NO3/c1-7-8-9-10-11-12-13-14-15-20(24(2,3)4)23(25)19-16-17-21(26-5)22(18-19)27-6/h16-18,20H,7-15H2,1-6H3/q+1. The summed E-state index contributed by atoms with van der Waals surface area (Å²) in [5, 5.41) is 0. The molecule has 0 saturated carbocycles. The molecule has 1 unspecified atom stereocenters. The fourth-order valence-electron chi connectivity index (χ4n) is 3.52. The lowest BCUT2D eigenvalue weighted by Crippen LogP contribution is -2.49. The van der Waals surface area contributed by atoms with Gasteiger partial charge in [0.2, 0.25) is 5.78 Å². The second kappa shape index (κ2) is 12.0. The fourth-order valence-corrected chi connectivity index (χ4v) is 3.52. The van der Waals surface area contributed by atoms with Crippen molar-refractivity contribution < 1.29 is 18.8 Å². The topological polar surface area (TPSA) is 35.5 Å². The van der Waals surface area contributed by atoms with Crippen molar-refractivity contribution in [2.24, 2.45) is 0 Å². The van der Waals surface area contributed by atoms with Crippen molar-refractivity contribution in [2.75, 3.05) is 35.4 Å². The van der Waals surface area contributed by atoms with Crippen LogP contribution < -0.4 is 9.47 Å². The molecule has 4 nitrogen and oxygen atoms in total. The largest absolute Gasteiger partial charge is 0.493 e. The molecule has 27 heavy (non-hydrogen) atoms. The SMILES string of the molecule is CCCCCCCCCCC(C(=O)c1ccc(OC)c(OC)c1)[N+](C)(C)C. The van der Waals surface area contributed by atoms with Crippen LogP contribution in [0.25, 0.3) is 0 Å². The normalized spacial score (nSPS) is 12.7. The number of hydrogen-bond donors (Lipinski definition) is 0. The third-order valence-corrected chi connectivity index (χ3v) is 5.24. The molecule has 4 heteroatoms. The summed E-state index contributed by atoms with van der Waals surface area (Å²) in [6.07, 6.45) is 11.2. The van der Waals surface area contributed by atoms with Crippen molar-refractivity contribution in [1.82, 2.24) is 0 Å². The molecule has 1 aromatic rings. The van der Waals surface area contributed by atoms with Gasteiger partial charge < -0.3 is 14.0 Å². The summed E-state index contributed by atoms with van der Waals surface area (Å²) in [5.74, 6) is 1.45. The molecule has 0 aliphatic rings. The van der Waals surface area contributed by atoms with Crippen LogP contribution in [0.1, 0.15) is 75.1 Å². The minimum atomic E-state index is -0.0387. The van der Waals surface area contributed by atoms with Crippen LogP contribution >= 0.6 is 0 Å². The number of nitrogens with zero attached hydrogens (tertiary/aromatic N) is 1. The molecule has 154 valence electrons. The molecule has 1 rings (SSSR count). The van der Waals surface area contributed by atoms with Crippen LogP contribution in [0.4, 0.5) is 0 Å². The van der Waals surface area contributed by atoms with Crippen LogP contribution in [0.2, 0.25) is 0 Å². The van der Waals surface area contributed by atoms with E-state index in [0.717, 1.165) is 12.8 Å². The number of ketones is 1. The van der Waals surface area contributed by atoms with Crippen molar-refractivity contribution in [3.63, 3.8) is 0 Å². The summed E-state index contributed by atoms with van der Waals surface area (Å²) >= 11 is 0. The van der Waals surface area contributed by atoms with Gasteiger partial charge in [-0.1, -0.05) is 51.9 Å². The van der Waals surface area contributed by atoms with Crippen molar-refractivity contribution in [3.05, 3.63) is 23.8 Å². The summed E-state index contributed by atoms with van der Waals surface area (Å²) in [7, 11) is 9.52. The number of rotatable bonds is 14. The first-order valence-corrected chi connectivity index (χ1v) is 10.4. The monoisotopic (exact) mass is 378 g/mol. The Hall–Kier alpha value is -1.55. The molecule has 0 aliphatic carbocycles. The number of ether oxygens (including phenoxy) is 2. The van der Waals surface area contributed by atoms with Crippen LogP contribution in [0.3, 0.4) is 0 Å². The highest BCUT2D eigenvalue weighted by molar-refractivity contribution is 6.00. The van der Waals surface area contributed by atoms with E-state index in [4.69, 9.17) is 9.47 Å². The van der Waals surface area contributed by atoms with Crippen molar-refractivity contribution in [2.45, 2.75) is 70.8 Å². The molecule has 1 atom stereocenters. The van der Waals surface area contributed by atoms with E-state index in [2.05, 4.69) is 28.1 Å². The van der Waals surface area contributed by atoms with Gasteiger partial charge in [0.25, 0.3) is 0 Å². The molecule has 0 fully saturated rings. The van der Waals surface area contributed by atoms with Crippen LogP contribution in [0, 0.1) is 0 Å². The van der Waals surface area contributed by atoms with E-state index in [0.29, 0.717) is 21.5 Å². The number of methoxy groups -OCH3 is 2. The van der Waals surface area contributed by atoms with Gasteiger partial charge in [0.05, 0.1) is 35.4 Å². The number of unbranched alkanes of at least 4 members (excludes halogenated alkanes) is 7. The Morgan fingerprint density at radius 3 is 1.96 bits per heavy atom. The van der Waals surface area contributed by atoms with Gasteiger partial charge in [0.15, 0.2) is 17.5 Å². The maximum absolute atomic E-state index is 13.2. The van der Waals surface area contributed by atoms with Gasteiger partial charge in [-0.3, -0.25) is 4.79 Å². The summed E-state index contributed by atoms with van der Waals surface area (Å²) in [6, 6.07) is 5.43. The molecule has 0 N–H and O–H groups in total. The minimum absolute atomic E-state index is 0.0387. The summed E-state index contributed by atoms with van der Waals surface area (Å²) < 4.78 is 11.3. The number of carbonyl (C=O) groups is 1. The highest BCUT2D eigenvalue weighted by Crippen LogP contribution is 2.29. The van der Waals surface area contributed by atoms with E-state index in [1.54, 1.807) is 20.3 Å².